The van der Waals surface area contributed by atoms with Crippen molar-refractivity contribution in [3.05, 3.63) is 29.3 Å². The molecule has 0 amide bonds. The molecule has 2 saturated heterocycles. The van der Waals surface area contributed by atoms with Crippen molar-refractivity contribution in [3.63, 3.8) is 0 Å². The van der Waals surface area contributed by atoms with E-state index < -0.39 is 11.6 Å². The second-order valence-corrected chi connectivity index (χ2v) is 7.00. The highest BCUT2D eigenvalue weighted by molar-refractivity contribution is 5.35. The van der Waals surface area contributed by atoms with Crippen LogP contribution in [0.5, 0.6) is 5.75 Å². The molecule has 1 aromatic rings. The largest absolute Gasteiger partial charge is 0.496 e. The highest BCUT2D eigenvalue weighted by atomic mass is 19.2. The summed E-state index contributed by atoms with van der Waals surface area (Å²) in [6.45, 7) is 4.91. The summed E-state index contributed by atoms with van der Waals surface area (Å²) in [5, 5.41) is 0. The molecule has 2 aliphatic heterocycles. The molecule has 1 atom stereocenters. The molecular formula is C19H28F2N2O. The zero-order valence-electron chi connectivity index (χ0n) is 14.6. The quantitative estimate of drug-likeness (QED) is 0.784. The maximum absolute atomic E-state index is 14.3. The minimum Gasteiger partial charge on any atom is -0.496 e. The lowest BCUT2D eigenvalue weighted by Crippen LogP contribution is -2.41. The Balaban J connectivity index is 1.68. The normalized spacial score (nSPS) is 22.9. The van der Waals surface area contributed by atoms with Gasteiger partial charge in [0.2, 0.25) is 0 Å². The Morgan fingerprint density at radius 1 is 1.08 bits per heavy atom. The summed E-state index contributed by atoms with van der Waals surface area (Å²) >= 11 is 0. The number of hydrogen-bond donors (Lipinski definition) is 0. The molecule has 0 radical (unpaired) electrons. The van der Waals surface area contributed by atoms with Crippen molar-refractivity contribution in [2.45, 2.75) is 51.1 Å². The Bertz CT molecular complexity index is 546. The van der Waals surface area contributed by atoms with Gasteiger partial charge in [-0.15, -0.1) is 0 Å². The average molecular weight is 338 g/mol. The zero-order chi connectivity index (χ0) is 16.9. The third-order valence-corrected chi connectivity index (χ3v) is 5.46. The fourth-order valence-corrected chi connectivity index (χ4v) is 4.05. The third kappa shape index (κ3) is 4.06. The van der Waals surface area contributed by atoms with Crippen molar-refractivity contribution < 1.29 is 13.5 Å². The Kier molecular flexibility index (Phi) is 6.06. The smallest absolute Gasteiger partial charge is 0.167 e. The van der Waals surface area contributed by atoms with E-state index in [0.29, 0.717) is 23.9 Å². The molecule has 1 aromatic carbocycles. The van der Waals surface area contributed by atoms with Crippen LogP contribution < -0.4 is 4.74 Å². The maximum atomic E-state index is 14.3. The van der Waals surface area contributed by atoms with Gasteiger partial charge in [-0.2, -0.15) is 0 Å². The van der Waals surface area contributed by atoms with E-state index in [4.69, 9.17) is 4.74 Å². The molecule has 0 bridgehead atoms. The lowest BCUT2D eigenvalue weighted by atomic mass is 9.98. The monoisotopic (exact) mass is 338 g/mol. The number of ether oxygens (including phenoxy) is 1. The number of likely N-dealkylation sites (tertiary alicyclic amines) is 2. The molecule has 2 fully saturated rings. The Hall–Kier alpha value is -1.20. The summed E-state index contributed by atoms with van der Waals surface area (Å²) in [6.07, 6.45) is 7.22. The lowest BCUT2D eigenvalue weighted by Gasteiger charge is -2.37. The molecule has 0 N–H and O–H groups in total. The standard InChI is InChI=1S/C19H28F2N2O/c1-24-18-8-7-17(20)19(21)16(18)14-23-12-3-2-6-15(23)9-13-22-10-4-5-11-22/h7-8,15H,2-6,9-14H2,1H3. The van der Waals surface area contributed by atoms with Gasteiger partial charge in [0.1, 0.15) is 5.75 Å². The van der Waals surface area contributed by atoms with Crippen LogP contribution in [-0.2, 0) is 6.54 Å². The summed E-state index contributed by atoms with van der Waals surface area (Å²) < 4.78 is 33.2. The van der Waals surface area contributed by atoms with Gasteiger partial charge in [0.05, 0.1) is 7.11 Å². The van der Waals surface area contributed by atoms with E-state index in [9.17, 15) is 8.78 Å². The fourth-order valence-electron chi connectivity index (χ4n) is 4.05. The topological polar surface area (TPSA) is 15.7 Å². The van der Waals surface area contributed by atoms with Gasteiger partial charge >= 0.3 is 0 Å². The second-order valence-electron chi connectivity index (χ2n) is 7.00. The summed E-state index contributed by atoms with van der Waals surface area (Å²) in [6, 6.07) is 3.11. The van der Waals surface area contributed by atoms with Crippen molar-refractivity contribution in [3.8, 4) is 5.75 Å². The summed E-state index contributed by atoms with van der Waals surface area (Å²) in [5.41, 5.74) is 0.352. The van der Waals surface area contributed by atoms with Crippen molar-refractivity contribution >= 4 is 0 Å². The fraction of sp³-hybridized carbons (Fsp3) is 0.684. The first-order chi connectivity index (χ1) is 11.7. The number of piperidine rings is 1. The van der Waals surface area contributed by atoms with E-state index in [1.54, 1.807) is 0 Å². The molecule has 3 nitrogen and oxygen atoms in total. The van der Waals surface area contributed by atoms with Gasteiger partial charge in [0.15, 0.2) is 11.6 Å². The SMILES string of the molecule is COc1ccc(F)c(F)c1CN1CCCCC1CCN1CCCC1. The van der Waals surface area contributed by atoms with Gasteiger partial charge in [-0.1, -0.05) is 6.42 Å². The Morgan fingerprint density at radius 2 is 1.83 bits per heavy atom. The molecule has 3 rings (SSSR count). The molecule has 2 heterocycles. The van der Waals surface area contributed by atoms with Crippen molar-refractivity contribution in [1.29, 1.82) is 0 Å². The van der Waals surface area contributed by atoms with E-state index in [2.05, 4.69) is 9.80 Å². The van der Waals surface area contributed by atoms with Crippen molar-refractivity contribution in [1.82, 2.24) is 9.80 Å². The number of hydrogen-bond acceptors (Lipinski definition) is 3. The predicted octanol–water partition coefficient (Wildman–Crippen LogP) is 3.81. The van der Waals surface area contributed by atoms with Gasteiger partial charge in [-0.25, -0.2) is 8.78 Å². The van der Waals surface area contributed by atoms with E-state index in [0.717, 1.165) is 38.4 Å². The molecule has 0 saturated carbocycles. The Labute approximate surface area is 143 Å². The van der Waals surface area contributed by atoms with E-state index in [1.807, 2.05) is 0 Å². The predicted molar refractivity (Wildman–Crippen MR) is 91.3 cm³/mol. The van der Waals surface area contributed by atoms with Crippen LogP contribution in [0.25, 0.3) is 0 Å². The van der Waals surface area contributed by atoms with Crippen LogP contribution >= 0.6 is 0 Å². The second kappa shape index (κ2) is 8.26. The third-order valence-electron chi connectivity index (χ3n) is 5.46. The molecule has 24 heavy (non-hydrogen) atoms. The van der Waals surface area contributed by atoms with Gasteiger partial charge in [0, 0.05) is 18.2 Å². The van der Waals surface area contributed by atoms with Crippen LogP contribution in [-0.4, -0.2) is 49.1 Å². The van der Waals surface area contributed by atoms with Crippen molar-refractivity contribution in [2.75, 3.05) is 33.3 Å². The molecule has 134 valence electrons. The molecule has 0 spiro atoms. The first-order valence-electron chi connectivity index (χ1n) is 9.16. The average Bonchev–Trinajstić information content (AvgIpc) is 3.12. The van der Waals surface area contributed by atoms with Gasteiger partial charge in [-0.3, -0.25) is 4.90 Å². The van der Waals surface area contributed by atoms with Gasteiger partial charge in [0.25, 0.3) is 0 Å². The summed E-state index contributed by atoms with van der Waals surface area (Å²) in [4.78, 5) is 4.84. The Morgan fingerprint density at radius 3 is 2.58 bits per heavy atom. The zero-order valence-corrected chi connectivity index (χ0v) is 14.6. The van der Waals surface area contributed by atoms with E-state index in [-0.39, 0.29) is 0 Å². The molecule has 5 heteroatoms. The number of rotatable bonds is 6. The molecule has 1 unspecified atom stereocenters. The van der Waals surface area contributed by atoms with Gasteiger partial charge < -0.3 is 9.64 Å². The summed E-state index contributed by atoms with van der Waals surface area (Å²) in [7, 11) is 1.51. The van der Waals surface area contributed by atoms with Gasteiger partial charge in [-0.05, 0) is 70.4 Å². The molecular weight excluding hydrogens is 310 g/mol. The van der Waals surface area contributed by atoms with Crippen LogP contribution in [0.2, 0.25) is 0 Å². The van der Waals surface area contributed by atoms with Crippen LogP contribution in [0.1, 0.15) is 44.1 Å². The lowest BCUT2D eigenvalue weighted by molar-refractivity contribution is 0.119. The molecule has 0 aromatic heterocycles. The first kappa shape index (κ1) is 17.6. The molecule has 2 aliphatic rings. The highest BCUT2D eigenvalue weighted by Crippen LogP contribution is 2.29. The van der Waals surface area contributed by atoms with Crippen LogP contribution in [0.3, 0.4) is 0 Å². The number of methoxy groups -OCH3 is 1. The van der Waals surface area contributed by atoms with Crippen LogP contribution in [0.4, 0.5) is 8.78 Å². The maximum Gasteiger partial charge on any atom is 0.167 e. The van der Waals surface area contributed by atoms with E-state index in [1.165, 1.54) is 45.5 Å². The molecule has 0 aliphatic carbocycles. The number of benzene rings is 1. The van der Waals surface area contributed by atoms with Crippen LogP contribution in [0, 0.1) is 11.6 Å². The van der Waals surface area contributed by atoms with E-state index >= 15 is 0 Å². The first-order valence-corrected chi connectivity index (χ1v) is 9.16. The number of nitrogens with zero attached hydrogens (tertiary/aromatic N) is 2. The van der Waals surface area contributed by atoms with Crippen LogP contribution in [0.15, 0.2) is 12.1 Å². The minimum atomic E-state index is -0.795. The highest BCUT2D eigenvalue weighted by Gasteiger charge is 2.26. The number of halogens is 2. The summed E-state index contributed by atoms with van der Waals surface area (Å²) in [5.74, 6) is -1.12. The minimum absolute atomic E-state index is 0.352. The van der Waals surface area contributed by atoms with Crippen molar-refractivity contribution in [2.24, 2.45) is 0 Å².